The van der Waals surface area contributed by atoms with E-state index in [-0.39, 0.29) is 11.5 Å². The largest absolute Gasteiger partial charge is 0.508 e. The van der Waals surface area contributed by atoms with Gasteiger partial charge in [-0.1, -0.05) is 6.92 Å². The van der Waals surface area contributed by atoms with Gasteiger partial charge in [0.2, 0.25) is 0 Å². The summed E-state index contributed by atoms with van der Waals surface area (Å²) in [6.45, 7) is 3.66. The molecule has 2 heteroatoms. The topological polar surface area (TPSA) is 40.5 Å². The van der Waals surface area contributed by atoms with E-state index in [9.17, 15) is 5.11 Å². The second kappa shape index (κ2) is 3.28. The number of benzene rings is 1. The van der Waals surface area contributed by atoms with Crippen LogP contribution in [0.25, 0.3) is 0 Å². The van der Waals surface area contributed by atoms with E-state index in [0.717, 1.165) is 12.0 Å². The molecule has 0 spiro atoms. The summed E-state index contributed by atoms with van der Waals surface area (Å²) in [5, 5.41) is 18.3. The summed E-state index contributed by atoms with van der Waals surface area (Å²) in [5.41, 5.74) is 0.750. The lowest BCUT2D eigenvalue weighted by molar-refractivity contribution is 0.454. The van der Waals surface area contributed by atoms with Gasteiger partial charge in [-0.25, -0.2) is 0 Å². The van der Waals surface area contributed by atoms with Crippen LogP contribution in [0.4, 0.5) is 0 Å². The molecule has 11 heavy (non-hydrogen) atoms. The fraction of sp³-hybridized carbons (Fsp3) is 0.222. The van der Waals surface area contributed by atoms with Gasteiger partial charge in [0, 0.05) is 0 Å². The molecular formula is C9H11O2. The molecule has 0 unspecified atom stereocenters. The molecule has 0 aliphatic heterocycles. The highest BCUT2D eigenvalue weighted by Gasteiger charge is 1.99. The van der Waals surface area contributed by atoms with Crippen LogP contribution in [-0.4, -0.2) is 10.2 Å². The first kappa shape index (κ1) is 7.92. The van der Waals surface area contributed by atoms with E-state index in [1.165, 1.54) is 12.1 Å². The first-order valence-corrected chi connectivity index (χ1v) is 3.54. The van der Waals surface area contributed by atoms with Crippen LogP contribution in [0, 0.1) is 6.92 Å². The average Bonchev–Trinajstić information content (AvgIpc) is 1.98. The number of phenols is 2. The molecule has 0 aliphatic carbocycles. The minimum absolute atomic E-state index is 0.186. The fourth-order valence-electron chi connectivity index (χ4n) is 0.963. The Balaban J connectivity index is 2.93. The van der Waals surface area contributed by atoms with E-state index in [2.05, 4.69) is 6.92 Å². The van der Waals surface area contributed by atoms with Crippen molar-refractivity contribution in [3.63, 3.8) is 0 Å². The summed E-state index contributed by atoms with van der Waals surface area (Å²) < 4.78 is 0. The molecular weight excluding hydrogens is 140 g/mol. The van der Waals surface area contributed by atoms with Gasteiger partial charge < -0.3 is 10.2 Å². The van der Waals surface area contributed by atoms with Gasteiger partial charge in [0.15, 0.2) is 0 Å². The first-order chi connectivity index (χ1) is 5.24. The fourth-order valence-corrected chi connectivity index (χ4v) is 0.963. The standard InChI is InChI=1S/C9H11O2/c1-2-3-7-6-8(10)4-5-9(7)11/h4-6,10-11H,1-3H2. The maximum Gasteiger partial charge on any atom is 0.119 e. The molecule has 0 aliphatic rings. The van der Waals surface area contributed by atoms with Gasteiger partial charge in [-0.05, 0) is 36.6 Å². The van der Waals surface area contributed by atoms with Gasteiger partial charge >= 0.3 is 0 Å². The first-order valence-electron chi connectivity index (χ1n) is 3.54. The highest BCUT2D eigenvalue weighted by Crippen LogP contribution is 2.22. The number of phenolic OH excluding ortho intramolecular Hbond substituents is 2. The third kappa shape index (κ3) is 1.87. The zero-order valence-electron chi connectivity index (χ0n) is 6.25. The van der Waals surface area contributed by atoms with Crippen molar-refractivity contribution in [3.05, 3.63) is 30.7 Å². The molecule has 2 nitrogen and oxygen atoms in total. The van der Waals surface area contributed by atoms with Crippen LogP contribution in [-0.2, 0) is 6.42 Å². The molecule has 0 bridgehead atoms. The summed E-state index contributed by atoms with van der Waals surface area (Å²) in [4.78, 5) is 0. The van der Waals surface area contributed by atoms with Crippen LogP contribution in [0.1, 0.15) is 12.0 Å². The molecule has 1 rings (SSSR count). The molecule has 2 N–H and O–H groups in total. The van der Waals surface area contributed by atoms with Crippen LogP contribution < -0.4 is 0 Å². The number of hydrogen-bond acceptors (Lipinski definition) is 2. The van der Waals surface area contributed by atoms with Crippen LogP contribution >= 0.6 is 0 Å². The van der Waals surface area contributed by atoms with Crippen molar-refractivity contribution in [3.8, 4) is 11.5 Å². The molecule has 0 saturated carbocycles. The Kier molecular flexibility index (Phi) is 2.36. The highest BCUT2D eigenvalue weighted by atomic mass is 16.3. The maximum atomic E-state index is 9.23. The molecule has 1 radical (unpaired) electrons. The van der Waals surface area contributed by atoms with Gasteiger partial charge in [-0.3, -0.25) is 0 Å². The molecule has 0 atom stereocenters. The SMILES string of the molecule is [CH2]CCc1cc(O)ccc1O. The maximum absolute atomic E-state index is 9.23. The second-order valence-electron chi connectivity index (χ2n) is 2.42. The lowest BCUT2D eigenvalue weighted by Gasteiger charge is -2.02. The number of aromatic hydroxyl groups is 2. The summed E-state index contributed by atoms with van der Waals surface area (Å²) in [5.74, 6) is 0.415. The van der Waals surface area contributed by atoms with E-state index in [4.69, 9.17) is 5.11 Å². The van der Waals surface area contributed by atoms with Crippen molar-refractivity contribution in [2.75, 3.05) is 0 Å². The Labute approximate surface area is 66.1 Å². The monoisotopic (exact) mass is 151 g/mol. The highest BCUT2D eigenvalue weighted by molar-refractivity contribution is 5.38. The zero-order chi connectivity index (χ0) is 8.27. The molecule has 0 amide bonds. The van der Waals surface area contributed by atoms with Gasteiger partial charge in [-0.15, -0.1) is 0 Å². The molecule has 1 aromatic rings. The van der Waals surface area contributed by atoms with Crippen molar-refractivity contribution in [1.29, 1.82) is 0 Å². The van der Waals surface area contributed by atoms with Crippen LogP contribution in [0.15, 0.2) is 18.2 Å². The number of rotatable bonds is 2. The summed E-state index contributed by atoms with van der Waals surface area (Å²) in [7, 11) is 0. The second-order valence-corrected chi connectivity index (χ2v) is 2.42. The summed E-state index contributed by atoms with van der Waals surface area (Å²) >= 11 is 0. The minimum atomic E-state index is 0.186. The van der Waals surface area contributed by atoms with Crippen LogP contribution in [0.5, 0.6) is 11.5 Å². The normalized spacial score (nSPS) is 9.91. The van der Waals surface area contributed by atoms with Crippen molar-refractivity contribution in [2.24, 2.45) is 0 Å². The van der Waals surface area contributed by atoms with Gasteiger partial charge in [0.1, 0.15) is 11.5 Å². The smallest absolute Gasteiger partial charge is 0.119 e. The molecule has 1 aromatic carbocycles. The molecule has 0 heterocycles. The van der Waals surface area contributed by atoms with Gasteiger partial charge in [-0.2, -0.15) is 0 Å². The molecule has 0 saturated heterocycles. The Bertz CT molecular complexity index is 243. The van der Waals surface area contributed by atoms with E-state index in [1.54, 1.807) is 6.07 Å². The van der Waals surface area contributed by atoms with E-state index < -0.39 is 0 Å². The lowest BCUT2D eigenvalue weighted by atomic mass is 10.1. The van der Waals surface area contributed by atoms with Crippen molar-refractivity contribution in [2.45, 2.75) is 12.8 Å². The summed E-state index contributed by atoms with van der Waals surface area (Å²) in [6.07, 6.45) is 1.41. The number of aryl methyl sites for hydroxylation is 1. The third-order valence-corrected chi connectivity index (χ3v) is 1.51. The Hall–Kier alpha value is -1.18. The number of hydrogen-bond donors (Lipinski definition) is 2. The van der Waals surface area contributed by atoms with E-state index >= 15 is 0 Å². The Morgan fingerprint density at radius 3 is 2.64 bits per heavy atom. The van der Waals surface area contributed by atoms with Crippen LogP contribution in [0.2, 0.25) is 0 Å². The van der Waals surface area contributed by atoms with Crippen molar-refractivity contribution in [1.82, 2.24) is 0 Å². The quantitative estimate of drug-likeness (QED) is 0.633. The van der Waals surface area contributed by atoms with Gasteiger partial charge in [0.25, 0.3) is 0 Å². The predicted molar refractivity (Wildman–Crippen MR) is 43.4 cm³/mol. The Morgan fingerprint density at radius 2 is 2.00 bits per heavy atom. The lowest BCUT2D eigenvalue weighted by Crippen LogP contribution is -1.83. The van der Waals surface area contributed by atoms with E-state index in [0.29, 0.717) is 6.42 Å². The molecule has 59 valence electrons. The third-order valence-electron chi connectivity index (χ3n) is 1.51. The zero-order valence-corrected chi connectivity index (χ0v) is 6.25. The van der Waals surface area contributed by atoms with Gasteiger partial charge in [0.05, 0.1) is 0 Å². The molecule has 0 aromatic heterocycles. The predicted octanol–water partition coefficient (Wildman–Crippen LogP) is 1.86. The average molecular weight is 151 g/mol. The van der Waals surface area contributed by atoms with E-state index in [1.807, 2.05) is 0 Å². The Morgan fingerprint density at radius 1 is 1.27 bits per heavy atom. The van der Waals surface area contributed by atoms with Crippen molar-refractivity contribution >= 4 is 0 Å². The van der Waals surface area contributed by atoms with Crippen LogP contribution in [0.3, 0.4) is 0 Å². The summed E-state index contributed by atoms with van der Waals surface area (Å²) in [6, 6.07) is 4.50. The van der Waals surface area contributed by atoms with Crippen molar-refractivity contribution < 1.29 is 10.2 Å². The minimum Gasteiger partial charge on any atom is -0.508 e. The molecule has 0 fully saturated rings.